The average Bonchev–Trinajstić information content (AvgIpc) is 2.37. The number of piperazine rings is 1. The summed E-state index contributed by atoms with van der Waals surface area (Å²) in [5, 5.41) is 9.04. The van der Waals surface area contributed by atoms with Crippen molar-refractivity contribution in [3.05, 3.63) is 0 Å². The molecule has 4 nitrogen and oxygen atoms in total. The molecule has 0 amide bonds. The van der Waals surface area contributed by atoms with Gasteiger partial charge in [0.15, 0.2) is 0 Å². The normalized spacial score (nSPS) is 19.9. The van der Waals surface area contributed by atoms with Gasteiger partial charge < -0.3 is 4.74 Å². The molecule has 0 bridgehead atoms. The fraction of sp³-hybridized carbons (Fsp3) is 0.929. The van der Waals surface area contributed by atoms with Crippen molar-refractivity contribution in [2.75, 3.05) is 45.9 Å². The van der Waals surface area contributed by atoms with Crippen LogP contribution in [0, 0.1) is 17.2 Å². The van der Waals surface area contributed by atoms with Crippen LogP contribution >= 0.6 is 0 Å². The lowest BCUT2D eigenvalue weighted by atomic mass is 10.2. The van der Waals surface area contributed by atoms with Crippen LogP contribution in [-0.2, 0) is 4.74 Å². The zero-order valence-electron chi connectivity index (χ0n) is 12.1. The van der Waals surface area contributed by atoms with Crippen molar-refractivity contribution in [3.63, 3.8) is 0 Å². The van der Waals surface area contributed by atoms with Gasteiger partial charge in [-0.05, 0) is 12.3 Å². The van der Waals surface area contributed by atoms with E-state index in [4.69, 9.17) is 10.00 Å². The van der Waals surface area contributed by atoms with Crippen LogP contribution in [0.1, 0.15) is 27.2 Å². The Hall–Kier alpha value is -0.630. The Morgan fingerprint density at radius 2 is 1.89 bits per heavy atom. The Morgan fingerprint density at radius 3 is 2.39 bits per heavy atom. The molecule has 0 aromatic heterocycles. The van der Waals surface area contributed by atoms with Crippen LogP contribution in [0.15, 0.2) is 0 Å². The van der Waals surface area contributed by atoms with Gasteiger partial charge in [-0.2, -0.15) is 5.26 Å². The fourth-order valence-corrected chi connectivity index (χ4v) is 2.24. The minimum Gasteiger partial charge on any atom is -0.380 e. The summed E-state index contributed by atoms with van der Waals surface area (Å²) in [7, 11) is 0. The highest BCUT2D eigenvalue weighted by molar-refractivity contribution is 4.92. The lowest BCUT2D eigenvalue weighted by molar-refractivity contribution is 0.0589. The van der Waals surface area contributed by atoms with Crippen LogP contribution < -0.4 is 0 Å². The predicted molar refractivity (Wildman–Crippen MR) is 73.4 cm³/mol. The summed E-state index contributed by atoms with van der Waals surface area (Å²) in [6.07, 6.45) is 0.925. The van der Waals surface area contributed by atoms with Gasteiger partial charge in [0.1, 0.15) is 0 Å². The highest BCUT2D eigenvalue weighted by atomic mass is 16.5. The molecule has 1 unspecified atom stereocenters. The zero-order chi connectivity index (χ0) is 13.4. The molecule has 1 atom stereocenters. The second-order valence-electron chi connectivity index (χ2n) is 5.40. The monoisotopic (exact) mass is 253 g/mol. The molecule has 18 heavy (non-hydrogen) atoms. The summed E-state index contributed by atoms with van der Waals surface area (Å²) in [4.78, 5) is 4.73. The quantitative estimate of drug-likeness (QED) is 0.646. The molecule has 0 aromatic rings. The summed E-state index contributed by atoms with van der Waals surface area (Å²) < 4.78 is 5.61. The summed E-state index contributed by atoms with van der Waals surface area (Å²) in [5.74, 6) is 0.614. The molecule has 0 aliphatic carbocycles. The van der Waals surface area contributed by atoms with Crippen LogP contribution in [0.25, 0.3) is 0 Å². The van der Waals surface area contributed by atoms with E-state index in [-0.39, 0.29) is 6.04 Å². The average molecular weight is 253 g/mol. The van der Waals surface area contributed by atoms with Crippen molar-refractivity contribution in [1.82, 2.24) is 9.80 Å². The van der Waals surface area contributed by atoms with Gasteiger partial charge in [-0.1, -0.05) is 20.8 Å². The first-order valence-electron chi connectivity index (χ1n) is 7.11. The van der Waals surface area contributed by atoms with Crippen LogP contribution in [0.2, 0.25) is 0 Å². The van der Waals surface area contributed by atoms with Crippen molar-refractivity contribution >= 4 is 0 Å². The number of nitriles is 1. The predicted octanol–water partition coefficient (Wildman–Crippen LogP) is 1.58. The Morgan fingerprint density at radius 1 is 1.22 bits per heavy atom. The van der Waals surface area contributed by atoms with Crippen LogP contribution in [0.5, 0.6) is 0 Å². The van der Waals surface area contributed by atoms with Crippen molar-refractivity contribution in [2.24, 2.45) is 5.92 Å². The Labute approximate surface area is 112 Å². The zero-order valence-corrected chi connectivity index (χ0v) is 12.1. The molecule has 1 aliphatic rings. The number of rotatable bonds is 7. The Balaban J connectivity index is 2.14. The van der Waals surface area contributed by atoms with E-state index in [1.54, 1.807) is 0 Å². The molecule has 1 fully saturated rings. The third kappa shape index (κ3) is 5.34. The van der Waals surface area contributed by atoms with E-state index in [1.165, 1.54) is 0 Å². The maximum Gasteiger partial charge on any atom is 0.0976 e. The minimum absolute atomic E-state index is 0.101. The SMILES string of the molecule is CCC(C#N)N1CCN(CCOCC(C)C)CC1. The summed E-state index contributed by atoms with van der Waals surface area (Å²) in [6.45, 7) is 13.3. The van der Waals surface area contributed by atoms with E-state index in [0.29, 0.717) is 5.92 Å². The topological polar surface area (TPSA) is 39.5 Å². The van der Waals surface area contributed by atoms with E-state index in [9.17, 15) is 0 Å². The maximum absolute atomic E-state index is 9.04. The molecule has 0 aromatic carbocycles. The molecule has 0 radical (unpaired) electrons. The molecular weight excluding hydrogens is 226 g/mol. The largest absolute Gasteiger partial charge is 0.380 e. The van der Waals surface area contributed by atoms with Gasteiger partial charge in [0, 0.05) is 39.3 Å². The Kier molecular flexibility index (Phi) is 7.26. The van der Waals surface area contributed by atoms with Gasteiger partial charge in [-0.15, -0.1) is 0 Å². The summed E-state index contributed by atoms with van der Waals surface area (Å²) in [6, 6.07) is 2.48. The van der Waals surface area contributed by atoms with E-state index >= 15 is 0 Å². The minimum atomic E-state index is 0.101. The molecule has 0 N–H and O–H groups in total. The number of hydrogen-bond donors (Lipinski definition) is 0. The van der Waals surface area contributed by atoms with Gasteiger partial charge in [0.05, 0.1) is 18.7 Å². The van der Waals surface area contributed by atoms with Gasteiger partial charge in [0.2, 0.25) is 0 Å². The third-order valence-corrected chi connectivity index (χ3v) is 3.39. The fourth-order valence-electron chi connectivity index (χ4n) is 2.24. The van der Waals surface area contributed by atoms with Crippen LogP contribution in [0.3, 0.4) is 0 Å². The van der Waals surface area contributed by atoms with Gasteiger partial charge >= 0.3 is 0 Å². The van der Waals surface area contributed by atoms with Gasteiger partial charge in [-0.25, -0.2) is 0 Å². The molecule has 4 heteroatoms. The highest BCUT2D eigenvalue weighted by Crippen LogP contribution is 2.08. The Bertz CT molecular complexity index is 254. The molecule has 104 valence electrons. The summed E-state index contributed by atoms with van der Waals surface area (Å²) in [5.41, 5.74) is 0. The molecule has 0 saturated carbocycles. The van der Waals surface area contributed by atoms with E-state index in [1.807, 2.05) is 0 Å². The van der Waals surface area contributed by atoms with Gasteiger partial charge in [-0.3, -0.25) is 9.80 Å². The standard InChI is InChI=1S/C14H27N3O/c1-4-14(11-15)17-7-5-16(6-8-17)9-10-18-12-13(2)3/h13-14H,4-10,12H2,1-3H3. The lowest BCUT2D eigenvalue weighted by Gasteiger charge is -2.36. The lowest BCUT2D eigenvalue weighted by Crippen LogP contribution is -2.50. The van der Waals surface area contributed by atoms with Gasteiger partial charge in [0.25, 0.3) is 0 Å². The highest BCUT2D eigenvalue weighted by Gasteiger charge is 2.21. The molecule has 0 spiro atoms. The summed E-state index contributed by atoms with van der Waals surface area (Å²) >= 11 is 0. The van der Waals surface area contributed by atoms with Crippen LogP contribution in [-0.4, -0.2) is 61.8 Å². The molecular formula is C14H27N3O. The molecule has 1 aliphatic heterocycles. The molecule has 1 saturated heterocycles. The molecule has 1 rings (SSSR count). The number of nitrogens with zero attached hydrogens (tertiary/aromatic N) is 3. The first-order chi connectivity index (χ1) is 8.67. The van der Waals surface area contributed by atoms with Crippen LogP contribution in [0.4, 0.5) is 0 Å². The van der Waals surface area contributed by atoms with Crippen molar-refractivity contribution in [1.29, 1.82) is 5.26 Å². The number of ether oxygens (including phenoxy) is 1. The maximum atomic E-state index is 9.04. The number of hydrogen-bond acceptors (Lipinski definition) is 4. The first kappa shape index (κ1) is 15.4. The third-order valence-electron chi connectivity index (χ3n) is 3.39. The van der Waals surface area contributed by atoms with E-state index in [2.05, 4.69) is 36.6 Å². The van der Waals surface area contributed by atoms with E-state index < -0.39 is 0 Å². The molecule has 1 heterocycles. The van der Waals surface area contributed by atoms with E-state index in [0.717, 1.165) is 52.4 Å². The van der Waals surface area contributed by atoms with Crippen molar-refractivity contribution in [2.45, 2.75) is 33.2 Å². The smallest absolute Gasteiger partial charge is 0.0976 e. The second-order valence-corrected chi connectivity index (χ2v) is 5.40. The van der Waals surface area contributed by atoms with Crippen molar-refractivity contribution < 1.29 is 4.74 Å². The second kappa shape index (κ2) is 8.47. The first-order valence-corrected chi connectivity index (χ1v) is 7.11. The van der Waals surface area contributed by atoms with Crippen molar-refractivity contribution in [3.8, 4) is 6.07 Å².